The third-order valence-electron chi connectivity index (χ3n) is 4.30. The van der Waals surface area contributed by atoms with Gasteiger partial charge in [0, 0.05) is 37.2 Å². The first-order chi connectivity index (χ1) is 11.0. The number of nitrogens with one attached hydrogen (secondary N) is 1. The molecule has 1 aliphatic heterocycles. The smallest absolute Gasteiger partial charge is 0.134 e. The highest BCUT2D eigenvalue weighted by molar-refractivity contribution is 5.76. The third kappa shape index (κ3) is 3.37. The van der Waals surface area contributed by atoms with Crippen LogP contribution in [0.25, 0.3) is 11.3 Å². The summed E-state index contributed by atoms with van der Waals surface area (Å²) in [6, 6.07) is 8.48. The normalized spacial score (nSPS) is 15.7. The van der Waals surface area contributed by atoms with Gasteiger partial charge < -0.3 is 10.2 Å². The van der Waals surface area contributed by atoms with Gasteiger partial charge in [0.05, 0.1) is 17.6 Å². The molecule has 0 atom stereocenters. The number of nitrogens with zero attached hydrogens (tertiary/aromatic N) is 3. The van der Waals surface area contributed by atoms with Gasteiger partial charge in [-0.2, -0.15) is 0 Å². The monoisotopic (exact) mass is 310 g/mol. The maximum absolute atomic E-state index is 4.98. The van der Waals surface area contributed by atoms with Crippen LogP contribution in [0.1, 0.15) is 32.2 Å². The molecule has 2 aromatic rings. The van der Waals surface area contributed by atoms with Crippen molar-refractivity contribution >= 4 is 5.69 Å². The zero-order valence-corrected chi connectivity index (χ0v) is 14.6. The SMILES string of the molecule is Cc1ccccc1-c1nc(C(C)(C)C)ncc1N1CCNCC1. The van der Waals surface area contributed by atoms with Crippen LogP contribution in [0.4, 0.5) is 5.69 Å². The summed E-state index contributed by atoms with van der Waals surface area (Å²) in [6.45, 7) is 12.6. The lowest BCUT2D eigenvalue weighted by atomic mass is 9.95. The first-order valence-electron chi connectivity index (χ1n) is 8.36. The molecule has 3 rings (SSSR count). The van der Waals surface area contributed by atoms with Gasteiger partial charge in [-0.05, 0) is 12.5 Å². The van der Waals surface area contributed by atoms with Crippen LogP contribution in [0.5, 0.6) is 0 Å². The maximum atomic E-state index is 4.98. The number of piperazine rings is 1. The van der Waals surface area contributed by atoms with Gasteiger partial charge in [0.1, 0.15) is 5.82 Å². The van der Waals surface area contributed by atoms with E-state index in [9.17, 15) is 0 Å². The Morgan fingerprint density at radius 1 is 1.09 bits per heavy atom. The highest BCUT2D eigenvalue weighted by Gasteiger charge is 2.23. The van der Waals surface area contributed by atoms with E-state index in [1.54, 1.807) is 0 Å². The quantitative estimate of drug-likeness (QED) is 0.925. The largest absolute Gasteiger partial charge is 0.366 e. The van der Waals surface area contributed by atoms with Gasteiger partial charge in [-0.3, -0.25) is 0 Å². The molecule has 0 unspecified atom stereocenters. The Morgan fingerprint density at radius 3 is 2.43 bits per heavy atom. The van der Waals surface area contributed by atoms with Gasteiger partial charge in [-0.25, -0.2) is 9.97 Å². The van der Waals surface area contributed by atoms with E-state index in [4.69, 9.17) is 4.98 Å². The first kappa shape index (κ1) is 15.9. The summed E-state index contributed by atoms with van der Waals surface area (Å²) in [6.07, 6.45) is 2.01. The number of rotatable bonds is 2. The Labute approximate surface area is 139 Å². The van der Waals surface area contributed by atoms with Gasteiger partial charge in [0.15, 0.2) is 0 Å². The second-order valence-electron chi connectivity index (χ2n) is 7.23. The lowest BCUT2D eigenvalue weighted by Gasteiger charge is -2.31. The Bertz CT molecular complexity index is 682. The van der Waals surface area contributed by atoms with Crippen molar-refractivity contribution < 1.29 is 0 Å². The van der Waals surface area contributed by atoms with Crippen molar-refractivity contribution in [2.24, 2.45) is 0 Å². The van der Waals surface area contributed by atoms with Crippen molar-refractivity contribution in [2.75, 3.05) is 31.1 Å². The average molecular weight is 310 g/mol. The van der Waals surface area contributed by atoms with Crippen molar-refractivity contribution in [3.05, 3.63) is 41.9 Å². The fourth-order valence-electron chi connectivity index (χ4n) is 2.91. The second kappa shape index (κ2) is 6.28. The summed E-state index contributed by atoms with van der Waals surface area (Å²) in [5.74, 6) is 0.898. The van der Waals surface area contributed by atoms with Crippen molar-refractivity contribution in [2.45, 2.75) is 33.1 Å². The minimum atomic E-state index is -0.0561. The van der Waals surface area contributed by atoms with E-state index in [2.05, 4.69) is 67.2 Å². The predicted octanol–water partition coefficient (Wildman–Crippen LogP) is 3.16. The summed E-state index contributed by atoms with van der Waals surface area (Å²) in [5, 5.41) is 3.41. The van der Waals surface area contributed by atoms with Crippen LogP contribution in [0.2, 0.25) is 0 Å². The topological polar surface area (TPSA) is 41.1 Å². The molecular formula is C19H26N4. The molecule has 0 saturated carbocycles. The van der Waals surface area contributed by atoms with Crippen molar-refractivity contribution in [1.29, 1.82) is 0 Å². The fraction of sp³-hybridized carbons (Fsp3) is 0.474. The van der Waals surface area contributed by atoms with E-state index in [0.717, 1.165) is 43.4 Å². The summed E-state index contributed by atoms with van der Waals surface area (Å²) >= 11 is 0. The van der Waals surface area contributed by atoms with Crippen LogP contribution in [-0.4, -0.2) is 36.1 Å². The zero-order valence-electron chi connectivity index (χ0n) is 14.6. The first-order valence-corrected chi connectivity index (χ1v) is 8.36. The van der Waals surface area contributed by atoms with Crippen LogP contribution in [0, 0.1) is 6.92 Å². The third-order valence-corrected chi connectivity index (χ3v) is 4.30. The van der Waals surface area contributed by atoms with Crippen LogP contribution in [-0.2, 0) is 5.41 Å². The Kier molecular flexibility index (Phi) is 4.35. The second-order valence-corrected chi connectivity index (χ2v) is 7.23. The number of benzene rings is 1. The fourth-order valence-corrected chi connectivity index (χ4v) is 2.91. The Balaban J connectivity index is 2.14. The van der Waals surface area contributed by atoms with Crippen LogP contribution in [0.15, 0.2) is 30.5 Å². The number of aromatic nitrogens is 2. The minimum absolute atomic E-state index is 0.0561. The van der Waals surface area contributed by atoms with Gasteiger partial charge in [0.25, 0.3) is 0 Å². The summed E-state index contributed by atoms with van der Waals surface area (Å²) in [7, 11) is 0. The molecule has 0 radical (unpaired) electrons. The van der Waals surface area contributed by atoms with Crippen LogP contribution in [0.3, 0.4) is 0 Å². The molecule has 23 heavy (non-hydrogen) atoms. The van der Waals surface area contributed by atoms with Crippen molar-refractivity contribution in [3.63, 3.8) is 0 Å². The Hall–Kier alpha value is -1.94. The number of aryl methyl sites for hydroxylation is 1. The molecule has 1 N–H and O–H groups in total. The molecule has 1 fully saturated rings. The molecule has 0 amide bonds. The van der Waals surface area contributed by atoms with E-state index >= 15 is 0 Å². The van der Waals surface area contributed by atoms with Crippen LogP contribution >= 0.6 is 0 Å². The molecule has 1 aromatic carbocycles. The van der Waals surface area contributed by atoms with E-state index in [1.165, 1.54) is 11.1 Å². The number of hydrogen-bond acceptors (Lipinski definition) is 4. The molecule has 0 spiro atoms. The Morgan fingerprint density at radius 2 is 1.78 bits per heavy atom. The van der Waals surface area contributed by atoms with Crippen molar-refractivity contribution in [1.82, 2.24) is 15.3 Å². The minimum Gasteiger partial charge on any atom is -0.366 e. The maximum Gasteiger partial charge on any atom is 0.134 e. The predicted molar refractivity (Wildman–Crippen MR) is 96.0 cm³/mol. The van der Waals surface area contributed by atoms with E-state index in [-0.39, 0.29) is 5.41 Å². The van der Waals surface area contributed by atoms with E-state index in [0.29, 0.717) is 0 Å². The number of hydrogen-bond donors (Lipinski definition) is 1. The lowest BCUT2D eigenvalue weighted by Crippen LogP contribution is -2.44. The average Bonchev–Trinajstić information content (AvgIpc) is 2.55. The molecule has 2 heterocycles. The van der Waals surface area contributed by atoms with E-state index < -0.39 is 0 Å². The highest BCUT2D eigenvalue weighted by atomic mass is 15.2. The lowest BCUT2D eigenvalue weighted by molar-refractivity contribution is 0.543. The molecule has 0 aliphatic carbocycles. The molecule has 4 heteroatoms. The number of anilines is 1. The standard InChI is InChI=1S/C19H26N4/c1-14-7-5-6-8-15(14)17-16(23-11-9-20-10-12-23)13-21-18(22-17)19(2,3)4/h5-8,13,20H,9-12H2,1-4H3. The molecule has 0 bridgehead atoms. The van der Waals surface area contributed by atoms with Gasteiger partial charge in [-0.15, -0.1) is 0 Å². The molecule has 1 aromatic heterocycles. The molecule has 4 nitrogen and oxygen atoms in total. The molecular weight excluding hydrogens is 284 g/mol. The molecule has 1 saturated heterocycles. The van der Waals surface area contributed by atoms with E-state index in [1.807, 2.05) is 6.20 Å². The summed E-state index contributed by atoms with van der Waals surface area (Å²) < 4.78 is 0. The van der Waals surface area contributed by atoms with Crippen LogP contribution < -0.4 is 10.2 Å². The zero-order chi connectivity index (χ0) is 16.4. The van der Waals surface area contributed by atoms with Gasteiger partial charge in [-0.1, -0.05) is 45.0 Å². The highest BCUT2D eigenvalue weighted by Crippen LogP contribution is 2.32. The van der Waals surface area contributed by atoms with Crippen molar-refractivity contribution in [3.8, 4) is 11.3 Å². The van der Waals surface area contributed by atoms with Gasteiger partial charge >= 0.3 is 0 Å². The van der Waals surface area contributed by atoms with Gasteiger partial charge in [0.2, 0.25) is 0 Å². The summed E-state index contributed by atoms with van der Waals surface area (Å²) in [4.78, 5) is 12.0. The molecule has 1 aliphatic rings. The molecule has 122 valence electrons. The summed E-state index contributed by atoms with van der Waals surface area (Å²) in [5.41, 5.74) is 4.61.